The molecule has 0 atom stereocenters. The third-order valence-electron chi connectivity index (χ3n) is 2.42. The molecule has 0 bridgehead atoms. The molecule has 2 N–H and O–H groups in total. The Morgan fingerprint density at radius 1 is 1.22 bits per heavy atom. The van der Waals surface area contributed by atoms with Crippen molar-refractivity contribution in [1.29, 1.82) is 0 Å². The van der Waals surface area contributed by atoms with Gasteiger partial charge in [-0.2, -0.15) is 14.4 Å². The smallest absolute Gasteiger partial charge is 0.312 e. The number of aromatic amines is 1. The second-order valence-electron chi connectivity index (χ2n) is 3.62. The van der Waals surface area contributed by atoms with Crippen molar-refractivity contribution in [2.45, 2.75) is 6.54 Å². The van der Waals surface area contributed by atoms with Crippen molar-refractivity contribution >= 4 is 17.0 Å². The summed E-state index contributed by atoms with van der Waals surface area (Å²) in [6.07, 6.45) is 2.34. The van der Waals surface area contributed by atoms with E-state index in [2.05, 4.69) is 30.2 Å². The van der Waals surface area contributed by atoms with Crippen LogP contribution in [0, 0.1) is 6.08 Å². The van der Waals surface area contributed by atoms with E-state index in [-0.39, 0.29) is 0 Å². The van der Waals surface area contributed by atoms with Crippen LogP contribution in [-0.4, -0.2) is 24.9 Å². The molecule has 0 unspecified atom stereocenters. The van der Waals surface area contributed by atoms with Gasteiger partial charge < -0.3 is 10.3 Å². The van der Waals surface area contributed by atoms with Crippen molar-refractivity contribution < 1.29 is 4.39 Å². The fraction of sp³-hybridized carbons (Fsp3) is 0.0909. The lowest BCUT2D eigenvalue weighted by molar-refractivity contribution is 0.545. The number of aromatic nitrogens is 5. The topological polar surface area (TPSA) is 79.4 Å². The zero-order valence-electron chi connectivity index (χ0n) is 9.26. The molecule has 0 aliphatic heterocycles. The molecule has 7 heteroatoms. The standard InChI is InChI=1S/C11H9FN6/c12-11-17-9(8-10(18-11)16-6-15-8)14-5-7-3-1-2-4-13-7/h1-4,6H,5H2,(H2,14,15,16,17,18). The average Bonchev–Trinajstić information content (AvgIpc) is 2.85. The van der Waals surface area contributed by atoms with Crippen LogP contribution >= 0.6 is 0 Å². The van der Waals surface area contributed by atoms with Crippen LogP contribution in [0.3, 0.4) is 0 Å². The lowest BCUT2D eigenvalue weighted by Gasteiger charge is -2.05. The molecule has 0 saturated heterocycles. The Morgan fingerprint density at radius 3 is 3.00 bits per heavy atom. The molecule has 0 radical (unpaired) electrons. The lowest BCUT2D eigenvalue weighted by Crippen LogP contribution is -2.05. The molecule has 0 amide bonds. The van der Waals surface area contributed by atoms with E-state index >= 15 is 0 Å². The first-order valence-corrected chi connectivity index (χ1v) is 5.33. The minimum Gasteiger partial charge on any atom is -0.362 e. The summed E-state index contributed by atoms with van der Waals surface area (Å²) in [6.45, 7) is 0.450. The molecule has 3 heterocycles. The Balaban J connectivity index is 1.88. The zero-order valence-corrected chi connectivity index (χ0v) is 9.26. The lowest BCUT2D eigenvalue weighted by atomic mass is 10.3. The van der Waals surface area contributed by atoms with Crippen LogP contribution in [0.25, 0.3) is 11.2 Å². The third-order valence-corrected chi connectivity index (χ3v) is 2.42. The highest BCUT2D eigenvalue weighted by Crippen LogP contribution is 2.16. The van der Waals surface area contributed by atoms with E-state index < -0.39 is 6.08 Å². The minimum atomic E-state index is -0.807. The summed E-state index contributed by atoms with van der Waals surface area (Å²) in [5.41, 5.74) is 1.71. The number of nitrogens with zero attached hydrogens (tertiary/aromatic N) is 4. The van der Waals surface area contributed by atoms with E-state index in [0.717, 1.165) is 5.69 Å². The van der Waals surface area contributed by atoms with Crippen LogP contribution in [0.15, 0.2) is 30.7 Å². The van der Waals surface area contributed by atoms with E-state index in [1.807, 2.05) is 18.2 Å². The zero-order chi connectivity index (χ0) is 12.4. The Bertz CT molecular complexity index is 666. The Kier molecular flexibility index (Phi) is 2.56. The van der Waals surface area contributed by atoms with Gasteiger partial charge in [-0.3, -0.25) is 4.98 Å². The molecule has 3 aromatic heterocycles. The molecular formula is C11H9FN6. The van der Waals surface area contributed by atoms with Gasteiger partial charge in [-0.1, -0.05) is 6.07 Å². The van der Waals surface area contributed by atoms with Crippen molar-refractivity contribution in [3.05, 3.63) is 42.5 Å². The number of H-pyrrole nitrogens is 1. The van der Waals surface area contributed by atoms with Crippen molar-refractivity contribution in [3.63, 3.8) is 0 Å². The van der Waals surface area contributed by atoms with Gasteiger partial charge in [0, 0.05) is 6.20 Å². The molecular weight excluding hydrogens is 235 g/mol. The first kappa shape index (κ1) is 10.6. The van der Waals surface area contributed by atoms with E-state index in [1.54, 1.807) is 6.20 Å². The van der Waals surface area contributed by atoms with E-state index in [1.165, 1.54) is 6.33 Å². The van der Waals surface area contributed by atoms with Crippen molar-refractivity contribution in [3.8, 4) is 0 Å². The molecule has 0 aromatic carbocycles. The van der Waals surface area contributed by atoms with Gasteiger partial charge in [0.2, 0.25) is 0 Å². The number of anilines is 1. The van der Waals surface area contributed by atoms with Gasteiger partial charge in [0.05, 0.1) is 18.6 Å². The molecule has 90 valence electrons. The molecule has 0 spiro atoms. The number of nitrogens with one attached hydrogen (secondary N) is 2. The second-order valence-corrected chi connectivity index (χ2v) is 3.62. The second kappa shape index (κ2) is 4.36. The monoisotopic (exact) mass is 244 g/mol. The summed E-state index contributed by atoms with van der Waals surface area (Å²) in [6, 6.07) is 5.59. The van der Waals surface area contributed by atoms with Crippen LogP contribution in [-0.2, 0) is 6.54 Å². The van der Waals surface area contributed by atoms with Crippen LogP contribution in [0.1, 0.15) is 5.69 Å². The maximum Gasteiger partial charge on any atom is 0.312 e. The van der Waals surface area contributed by atoms with E-state index in [4.69, 9.17) is 0 Å². The van der Waals surface area contributed by atoms with Crippen LogP contribution in [0.5, 0.6) is 0 Å². The highest BCUT2D eigenvalue weighted by molar-refractivity contribution is 5.81. The van der Waals surface area contributed by atoms with E-state index in [0.29, 0.717) is 23.5 Å². The number of pyridine rings is 1. The number of fused-ring (bicyclic) bond motifs is 1. The van der Waals surface area contributed by atoms with Gasteiger partial charge in [0.1, 0.15) is 5.52 Å². The third kappa shape index (κ3) is 1.97. The summed E-state index contributed by atoms with van der Waals surface area (Å²) in [4.78, 5) is 18.2. The maximum absolute atomic E-state index is 13.2. The van der Waals surface area contributed by atoms with Gasteiger partial charge in [0.25, 0.3) is 0 Å². The fourth-order valence-electron chi connectivity index (χ4n) is 1.61. The fourth-order valence-corrected chi connectivity index (χ4v) is 1.61. The van der Waals surface area contributed by atoms with Gasteiger partial charge in [0.15, 0.2) is 11.5 Å². The quantitative estimate of drug-likeness (QED) is 0.682. The summed E-state index contributed by atoms with van der Waals surface area (Å²) in [7, 11) is 0. The maximum atomic E-state index is 13.2. The van der Waals surface area contributed by atoms with Gasteiger partial charge in [-0.05, 0) is 12.1 Å². The first-order valence-electron chi connectivity index (χ1n) is 5.33. The van der Waals surface area contributed by atoms with Crippen LogP contribution in [0.4, 0.5) is 10.2 Å². The number of rotatable bonds is 3. The van der Waals surface area contributed by atoms with Crippen molar-refractivity contribution in [2.24, 2.45) is 0 Å². The van der Waals surface area contributed by atoms with E-state index in [9.17, 15) is 4.39 Å². The molecule has 3 rings (SSSR count). The Morgan fingerprint density at radius 2 is 2.17 bits per heavy atom. The van der Waals surface area contributed by atoms with Crippen molar-refractivity contribution in [2.75, 3.05) is 5.32 Å². The highest BCUT2D eigenvalue weighted by atomic mass is 19.1. The van der Waals surface area contributed by atoms with Gasteiger partial charge >= 0.3 is 6.08 Å². The predicted octanol–water partition coefficient (Wildman–Crippen LogP) is 1.50. The summed E-state index contributed by atoms with van der Waals surface area (Å²) in [5.74, 6) is 0.376. The average molecular weight is 244 g/mol. The number of imidazole rings is 1. The van der Waals surface area contributed by atoms with Gasteiger partial charge in [-0.15, -0.1) is 0 Å². The van der Waals surface area contributed by atoms with Gasteiger partial charge in [-0.25, -0.2) is 4.98 Å². The summed E-state index contributed by atoms with van der Waals surface area (Å²) >= 11 is 0. The first-order chi connectivity index (χ1) is 8.83. The Labute approximate surface area is 101 Å². The normalized spacial score (nSPS) is 10.7. The summed E-state index contributed by atoms with van der Waals surface area (Å²) < 4.78 is 13.2. The number of halogens is 1. The van der Waals surface area contributed by atoms with Crippen LogP contribution in [0.2, 0.25) is 0 Å². The largest absolute Gasteiger partial charge is 0.362 e. The summed E-state index contributed by atoms with van der Waals surface area (Å²) in [5, 5.41) is 3.01. The number of hydrogen-bond donors (Lipinski definition) is 2. The molecule has 0 saturated carbocycles. The minimum absolute atomic E-state index is 0.297. The molecule has 6 nitrogen and oxygen atoms in total. The molecule has 0 aliphatic carbocycles. The molecule has 0 aliphatic rings. The highest BCUT2D eigenvalue weighted by Gasteiger charge is 2.09. The Hall–Kier alpha value is -2.57. The molecule has 18 heavy (non-hydrogen) atoms. The van der Waals surface area contributed by atoms with Crippen molar-refractivity contribution in [1.82, 2.24) is 24.9 Å². The molecule has 3 aromatic rings. The SMILES string of the molecule is Fc1nc(NCc2ccccn2)c2[nH]cnc2n1. The number of hydrogen-bond acceptors (Lipinski definition) is 5. The molecule has 0 fully saturated rings. The predicted molar refractivity (Wildman–Crippen MR) is 63.2 cm³/mol. The van der Waals surface area contributed by atoms with Crippen LogP contribution < -0.4 is 5.32 Å².